The molecule has 0 N–H and O–H groups in total. The normalized spacial score (nSPS) is 13.5. The molecule has 0 amide bonds. The zero-order valence-electron chi connectivity index (χ0n) is 23.3. The maximum atomic E-state index is 12.7. The molecule has 0 aromatic carbocycles. The molecule has 0 aliphatic heterocycles. The van der Waals surface area contributed by atoms with Crippen molar-refractivity contribution in [3.05, 3.63) is 0 Å². The third-order valence-corrected chi connectivity index (χ3v) is 5.45. The van der Waals surface area contributed by atoms with Crippen LogP contribution in [0.15, 0.2) is 0 Å². The van der Waals surface area contributed by atoms with E-state index < -0.39 is 74.2 Å². The zero-order chi connectivity index (χ0) is 31.5. The fraction of sp³-hybridized carbons (Fsp3) is 0.654. The van der Waals surface area contributed by atoms with E-state index in [0.717, 1.165) is 0 Å². The maximum Gasteiger partial charge on any atom is 0.307 e. The van der Waals surface area contributed by atoms with Crippen molar-refractivity contribution in [1.82, 2.24) is 0 Å². The maximum absolute atomic E-state index is 12.7. The van der Waals surface area contributed by atoms with Gasteiger partial charge in [0.15, 0.2) is 30.7 Å². The average Bonchev–Trinajstić information content (AvgIpc) is 2.88. The molecule has 0 saturated carbocycles. The highest BCUT2D eigenvalue weighted by Crippen LogP contribution is 2.22. The lowest BCUT2D eigenvalue weighted by molar-refractivity contribution is -0.201. The number of halogens is 1. The minimum Gasteiger partial charge on any atom is -0.456 e. The predicted octanol–water partition coefficient (Wildman–Crippen LogP) is 1.64. The number of Topliss-reactive ketones (excluding diaryl/α,β-unsaturated/α-hetero) is 4. The van der Waals surface area contributed by atoms with Gasteiger partial charge < -0.3 is 42.0 Å². The Morgan fingerprint density at radius 1 is 0.537 bits per heavy atom. The van der Waals surface area contributed by atoms with E-state index in [1.54, 1.807) is 0 Å². The Bertz CT molecular complexity index is 975. The van der Waals surface area contributed by atoms with Gasteiger partial charge in [-0.3, -0.25) is 24.0 Å². The second-order valence-electron chi connectivity index (χ2n) is 9.11. The van der Waals surface area contributed by atoms with Crippen LogP contribution in [0.2, 0.25) is 0 Å². The van der Waals surface area contributed by atoms with E-state index in [0.29, 0.717) is 0 Å². The van der Waals surface area contributed by atoms with E-state index in [4.69, 9.17) is 22.8 Å². The number of ketones is 4. The van der Waals surface area contributed by atoms with Crippen LogP contribution >= 0.6 is 16.3 Å². The lowest BCUT2D eigenvalue weighted by Crippen LogP contribution is -2.53. The standard InChI is InChI=1S/C26H35BrO14/c1-15(29)5-9-21(33)38-19(13-28)25(40-23(35)11-7-17(3)31)26(41-24(36)12-8-18(4)32)20(14-37-27)39-22(34)10-6-16(2)30/h13,19-20,25-26H,5-12,14H2,1-4H3/t19-,20+,25+,26+/m0/s1. The lowest BCUT2D eigenvalue weighted by atomic mass is 10.0. The molecule has 0 aliphatic rings. The number of carbonyl (C=O) groups is 9. The molecule has 230 valence electrons. The third kappa shape index (κ3) is 17.9. The van der Waals surface area contributed by atoms with Crippen LogP contribution in [0, 0.1) is 0 Å². The first-order valence-electron chi connectivity index (χ1n) is 12.6. The summed E-state index contributed by atoms with van der Waals surface area (Å²) in [4.78, 5) is 107. The molecule has 0 radical (unpaired) electrons. The van der Waals surface area contributed by atoms with Crippen LogP contribution in [-0.2, 0) is 65.9 Å². The van der Waals surface area contributed by atoms with Crippen LogP contribution < -0.4 is 0 Å². The summed E-state index contributed by atoms with van der Waals surface area (Å²) in [5.41, 5.74) is 0. The highest BCUT2D eigenvalue weighted by Gasteiger charge is 2.44. The van der Waals surface area contributed by atoms with Crippen molar-refractivity contribution in [1.29, 1.82) is 0 Å². The van der Waals surface area contributed by atoms with Gasteiger partial charge in [-0.05, 0) is 27.7 Å². The molecule has 41 heavy (non-hydrogen) atoms. The Labute approximate surface area is 245 Å². The van der Waals surface area contributed by atoms with Crippen LogP contribution in [0.1, 0.15) is 79.1 Å². The largest absolute Gasteiger partial charge is 0.456 e. The predicted molar refractivity (Wildman–Crippen MR) is 140 cm³/mol. The van der Waals surface area contributed by atoms with Crippen molar-refractivity contribution in [2.24, 2.45) is 0 Å². The number of hydrogen-bond acceptors (Lipinski definition) is 14. The molecule has 14 nitrogen and oxygen atoms in total. The lowest BCUT2D eigenvalue weighted by Gasteiger charge is -2.34. The number of ether oxygens (including phenoxy) is 4. The quantitative estimate of drug-likeness (QED) is 0.0929. The van der Waals surface area contributed by atoms with Gasteiger partial charge in [-0.1, -0.05) is 0 Å². The van der Waals surface area contributed by atoms with Crippen molar-refractivity contribution in [2.45, 2.75) is 103 Å². The Kier molecular flexibility index (Phi) is 18.9. The summed E-state index contributed by atoms with van der Waals surface area (Å²) in [5.74, 6) is -5.44. The summed E-state index contributed by atoms with van der Waals surface area (Å²) in [6.07, 6.45) is -9.81. The van der Waals surface area contributed by atoms with Gasteiger partial charge in [0.25, 0.3) is 0 Å². The Hall–Kier alpha value is -3.33. The van der Waals surface area contributed by atoms with Crippen LogP contribution in [0.3, 0.4) is 0 Å². The monoisotopic (exact) mass is 650 g/mol. The topological polar surface area (TPSA) is 200 Å². The highest BCUT2D eigenvalue weighted by atomic mass is 79.9. The first kappa shape index (κ1) is 37.7. The van der Waals surface area contributed by atoms with E-state index in [1.165, 1.54) is 27.7 Å². The minimum absolute atomic E-state index is 0.0780. The van der Waals surface area contributed by atoms with Crippen LogP contribution in [0.4, 0.5) is 0 Å². The molecule has 0 unspecified atom stereocenters. The van der Waals surface area contributed by atoms with Gasteiger partial charge in [0.1, 0.15) is 29.7 Å². The smallest absolute Gasteiger partial charge is 0.307 e. The van der Waals surface area contributed by atoms with Crippen molar-refractivity contribution in [2.75, 3.05) is 6.61 Å². The minimum atomic E-state index is -1.94. The third-order valence-electron chi connectivity index (χ3n) is 5.19. The molecule has 4 atom stereocenters. The Morgan fingerprint density at radius 2 is 0.878 bits per heavy atom. The molecule has 0 saturated heterocycles. The van der Waals surface area contributed by atoms with E-state index in [-0.39, 0.29) is 61.5 Å². The number of hydrogen-bond donors (Lipinski definition) is 0. The molecule has 0 aromatic rings. The molecule has 0 aromatic heterocycles. The highest BCUT2D eigenvalue weighted by molar-refractivity contribution is 9.06. The van der Waals surface area contributed by atoms with Crippen molar-refractivity contribution < 1.29 is 65.9 Å². The molecule has 0 aliphatic carbocycles. The molecule has 15 heteroatoms. The summed E-state index contributed by atoms with van der Waals surface area (Å²) >= 11 is 2.69. The van der Waals surface area contributed by atoms with Gasteiger partial charge in [-0.15, -0.1) is 0 Å². The summed E-state index contributed by atoms with van der Waals surface area (Å²) in [5, 5.41) is 0. The first-order valence-corrected chi connectivity index (χ1v) is 13.3. The summed E-state index contributed by atoms with van der Waals surface area (Å²) in [6.45, 7) is 4.37. The van der Waals surface area contributed by atoms with Crippen molar-refractivity contribution >= 4 is 69.6 Å². The zero-order valence-corrected chi connectivity index (χ0v) is 24.9. The van der Waals surface area contributed by atoms with E-state index in [9.17, 15) is 43.2 Å². The molecule has 0 heterocycles. The van der Waals surface area contributed by atoms with E-state index in [2.05, 4.69) is 16.3 Å². The molecule has 0 bridgehead atoms. The summed E-state index contributed by atoms with van der Waals surface area (Å²) in [6, 6.07) is 0. The SMILES string of the molecule is CC(=O)CCC(=O)O[C@@H]([C@H](OC(=O)CCC(C)=O)[C@@H](COBr)OC(=O)CCC(C)=O)[C@H](C=O)OC(=O)CCC(C)=O. The summed E-state index contributed by atoms with van der Waals surface area (Å²) in [7, 11) is 0. The van der Waals surface area contributed by atoms with Crippen molar-refractivity contribution in [3.63, 3.8) is 0 Å². The van der Waals surface area contributed by atoms with Crippen LogP contribution in [-0.4, -0.2) is 84.3 Å². The molecule has 0 fully saturated rings. The fourth-order valence-corrected chi connectivity index (χ4v) is 3.34. The van der Waals surface area contributed by atoms with E-state index >= 15 is 0 Å². The molecular weight excluding hydrogens is 616 g/mol. The number of carbonyl (C=O) groups excluding carboxylic acids is 9. The summed E-state index contributed by atoms with van der Waals surface area (Å²) < 4.78 is 26.1. The van der Waals surface area contributed by atoms with Crippen LogP contribution in [0.5, 0.6) is 0 Å². The molecule has 0 spiro atoms. The van der Waals surface area contributed by atoms with Gasteiger partial charge >= 0.3 is 23.9 Å². The Morgan fingerprint density at radius 3 is 1.22 bits per heavy atom. The second kappa shape index (κ2) is 20.5. The van der Waals surface area contributed by atoms with Crippen molar-refractivity contribution in [3.8, 4) is 0 Å². The van der Waals surface area contributed by atoms with Gasteiger partial charge in [-0.25, -0.2) is 0 Å². The Balaban J connectivity index is 6.52. The van der Waals surface area contributed by atoms with Gasteiger partial charge in [-0.2, -0.15) is 0 Å². The first-order chi connectivity index (χ1) is 19.2. The van der Waals surface area contributed by atoms with Gasteiger partial charge in [0.2, 0.25) is 0 Å². The average molecular weight is 651 g/mol. The second-order valence-corrected chi connectivity index (χ2v) is 9.57. The fourth-order valence-electron chi connectivity index (χ4n) is 3.08. The van der Waals surface area contributed by atoms with Gasteiger partial charge in [0, 0.05) is 25.7 Å². The molecular formula is C26H35BrO14. The number of esters is 4. The van der Waals surface area contributed by atoms with Gasteiger partial charge in [0.05, 0.1) is 41.9 Å². The van der Waals surface area contributed by atoms with Crippen LogP contribution in [0.25, 0.3) is 0 Å². The number of aldehydes is 1. The molecule has 0 rings (SSSR count). The van der Waals surface area contributed by atoms with E-state index in [1.807, 2.05) is 0 Å². The number of rotatable bonds is 22.